The highest BCUT2D eigenvalue weighted by molar-refractivity contribution is 5.97. The molecule has 1 aliphatic carbocycles. The molecule has 0 saturated heterocycles. The molecule has 0 atom stereocenters. The molecule has 1 aromatic heterocycles. The largest absolute Gasteiger partial charge is 0.493 e. The van der Waals surface area contributed by atoms with Crippen molar-refractivity contribution in [2.75, 3.05) is 14.2 Å². The Hall–Kier alpha value is -3.80. The van der Waals surface area contributed by atoms with Crippen LogP contribution in [0.3, 0.4) is 0 Å². The summed E-state index contributed by atoms with van der Waals surface area (Å²) in [5.41, 5.74) is 5.00. The molecule has 0 radical (unpaired) electrons. The van der Waals surface area contributed by atoms with Crippen LogP contribution >= 0.6 is 0 Å². The smallest absolute Gasteiger partial charge is 0.339 e. The zero-order chi connectivity index (χ0) is 28.3. The third kappa shape index (κ3) is 6.16. The first-order chi connectivity index (χ1) is 19.3. The van der Waals surface area contributed by atoms with Gasteiger partial charge in [0, 0.05) is 25.1 Å². The van der Waals surface area contributed by atoms with E-state index in [1.807, 2.05) is 57.2 Å². The van der Waals surface area contributed by atoms with Crippen molar-refractivity contribution >= 4 is 17.0 Å². The van der Waals surface area contributed by atoms with Crippen molar-refractivity contribution in [1.29, 1.82) is 0 Å². The Bertz CT molecular complexity index is 1470. The highest BCUT2D eigenvalue weighted by atomic mass is 16.6. The molecule has 4 aromatic rings. The second kappa shape index (κ2) is 11.7. The second-order valence-electron chi connectivity index (χ2n) is 11.8. The van der Waals surface area contributed by atoms with Gasteiger partial charge >= 0.3 is 5.97 Å². The first kappa shape index (κ1) is 27.8. The van der Waals surface area contributed by atoms with Gasteiger partial charge in [-0.2, -0.15) is 0 Å². The van der Waals surface area contributed by atoms with Gasteiger partial charge in [0.25, 0.3) is 0 Å². The van der Waals surface area contributed by atoms with Crippen molar-refractivity contribution < 1.29 is 19.0 Å². The van der Waals surface area contributed by atoms with E-state index < -0.39 is 5.60 Å². The van der Waals surface area contributed by atoms with E-state index in [9.17, 15) is 4.79 Å². The molecule has 6 nitrogen and oxygen atoms in total. The number of ether oxygens (including phenoxy) is 3. The number of carbonyl (C=O) groups is 1. The lowest BCUT2D eigenvalue weighted by atomic mass is 9.87. The van der Waals surface area contributed by atoms with Crippen LogP contribution in [-0.4, -0.2) is 35.3 Å². The van der Waals surface area contributed by atoms with Gasteiger partial charge in [-0.1, -0.05) is 74.6 Å². The van der Waals surface area contributed by atoms with Crippen molar-refractivity contribution in [2.24, 2.45) is 5.92 Å². The molecule has 1 saturated carbocycles. The van der Waals surface area contributed by atoms with Crippen molar-refractivity contribution in [3.63, 3.8) is 0 Å². The van der Waals surface area contributed by atoms with Crippen molar-refractivity contribution in [3.8, 4) is 22.6 Å². The molecule has 1 fully saturated rings. The molecule has 0 aliphatic heterocycles. The number of hydrogen-bond acceptors (Lipinski definition) is 5. The summed E-state index contributed by atoms with van der Waals surface area (Å²) in [5.74, 6) is 2.86. The van der Waals surface area contributed by atoms with E-state index in [0.717, 1.165) is 40.0 Å². The molecule has 0 amide bonds. The monoisotopic (exact) mass is 540 g/mol. The van der Waals surface area contributed by atoms with Gasteiger partial charge in [-0.25, -0.2) is 9.78 Å². The lowest BCUT2D eigenvalue weighted by molar-refractivity contribution is 0.00704. The first-order valence-electron chi connectivity index (χ1n) is 14.3. The maximum Gasteiger partial charge on any atom is 0.339 e. The van der Waals surface area contributed by atoms with Crippen LogP contribution in [0.25, 0.3) is 22.2 Å². The Morgan fingerprint density at radius 3 is 2.27 bits per heavy atom. The summed E-state index contributed by atoms with van der Waals surface area (Å²) < 4.78 is 19.2. The fourth-order valence-corrected chi connectivity index (χ4v) is 5.70. The molecular weight excluding hydrogens is 500 g/mol. The van der Waals surface area contributed by atoms with Gasteiger partial charge in [-0.05, 0) is 49.4 Å². The zero-order valence-corrected chi connectivity index (χ0v) is 24.3. The molecule has 40 heavy (non-hydrogen) atoms. The molecule has 5 rings (SSSR count). The fourth-order valence-electron chi connectivity index (χ4n) is 5.70. The molecular formula is C34H40N2O4. The van der Waals surface area contributed by atoms with Gasteiger partial charge in [-0.3, -0.25) is 0 Å². The van der Waals surface area contributed by atoms with Crippen molar-refractivity contribution in [2.45, 2.75) is 71.4 Å². The minimum atomic E-state index is -0.552. The zero-order valence-electron chi connectivity index (χ0n) is 24.3. The Kier molecular flexibility index (Phi) is 8.15. The van der Waals surface area contributed by atoms with E-state index in [4.69, 9.17) is 19.2 Å². The molecule has 210 valence electrons. The first-order valence-corrected chi connectivity index (χ1v) is 14.3. The average molecular weight is 541 g/mol. The Morgan fingerprint density at radius 1 is 0.925 bits per heavy atom. The number of imidazole rings is 1. The predicted molar refractivity (Wildman–Crippen MR) is 159 cm³/mol. The number of hydrogen-bond donors (Lipinski definition) is 0. The van der Waals surface area contributed by atoms with E-state index in [2.05, 4.69) is 28.8 Å². The van der Waals surface area contributed by atoms with Gasteiger partial charge in [0.15, 0.2) is 11.5 Å². The topological polar surface area (TPSA) is 62.6 Å². The minimum Gasteiger partial charge on any atom is -0.493 e. The lowest BCUT2D eigenvalue weighted by Crippen LogP contribution is -2.24. The molecule has 0 N–H and O–H groups in total. The van der Waals surface area contributed by atoms with Crippen LogP contribution in [0, 0.1) is 5.92 Å². The number of carbonyl (C=O) groups excluding carboxylic acids is 1. The molecule has 3 aromatic carbocycles. The van der Waals surface area contributed by atoms with Crippen LogP contribution in [0.4, 0.5) is 0 Å². The van der Waals surface area contributed by atoms with Gasteiger partial charge in [0.1, 0.15) is 11.4 Å². The van der Waals surface area contributed by atoms with E-state index in [0.29, 0.717) is 29.5 Å². The van der Waals surface area contributed by atoms with Crippen LogP contribution in [-0.2, 0) is 17.7 Å². The summed E-state index contributed by atoms with van der Waals surface area (Å²) in [6.07, 6.45) is 7.45. The van der Waals surface area contributed by atoms with Gasteiger partial charge in [-0.15, -0.1) is 0 Å². The van der Waals surface area contributed by atoms with Gasteiger partial charge in [0.2, 0.25) is 0 Å². The van der Waals surface area contributed by atoms with E-state index in [-0.39, 0.29) is 5.97 Å². The molecule has 0 bridgehead atoms. The molecule has 1 heterocycles. The predicted octanol–water partition coefficient (Wildman–Crippen LogP) is 7.85. The number of esters is 1. The maximum atomic E-state index is 12.9. The third-order valence-corrected chi connectivity index (χ3v) is 7.68. The average Bonchev–Trinajstić information content (AvgIpc) is 3.27. The van der Waals surface area contributed by atoms with Crippen LogP contribution < -0.4 is 9.47 Å². The number of methoxy groups -OCH3 is 2. The highest BCUT2D eigenvalue weighted by Crippen LogP contribution is 2.35. The summed E-state index contributed by atoms with van der Waals surface area (Å²) in [5, 5.41) is 0. The summed E-state index contributed by atoms with van der Waals surface area (Å²) in [6.45, 7) is 6.35. The van der Waals surface area contributed by atoms with Gasteiger partial charge < -0.3 is 18.8 Å². The summed E-state index contributed by atoms with van der Waals surface area (Å²) in [6, 6.07) is 20.1. The van der Waals surface area contributed by atoms with E-state index in [1.54, 1.807) is 14.2 Å². The number of benzene rings is 3. The van der Waals surface area contributed by atoms with Crippen LogP contribution in [0.1, 0.15) is 74.6 Å². The Morgan fingerprint density at radius 2 is 1.60 bits per heavy atom. The van der Waals surface area contributed by atoms with Crippen LogP contribution in [0.5, 0.6) is 11.5 Å². The summed E-state index contributed by atoms with van der Waals surface area (Å²) >= 11 is 0. The molecule has 6 heteroatoms. The quantitative estimate of drug-likeness (QED) is 0.213. The second-order valence-corrected chi connectivity index (χ2v) is 11.8. The highest BCUT2D eigenvalue weighted by Gasteiger charge is 2.22. The van der Waals surface area contributed by atoms with Crippen LogP contribution in [0.15, 0.2) is 60.7 Å². The lowest BCUT2D eigenvalue weighted by Gasteiger charge is -2.22. The van der Waals surface area contributed by atoms with Crippen LogP contribution in [0.2, 0.25) is 0 Å². The van der Waals surface area contributed by atoms with E-state index in [1.165, 1.54) is 32.1 Å². The number of nitrogens with zero attached hydrogens (tertiary/aromatic N) is 2. The Balaban J connectivity index is 1.47. The SMILES string of the molecule is COc1cc2nc(CC3CCCCC3)n(Cc3ccc(-c4ccccc4C(=O)OC(C)(C)C)cc3)c2cc1OC. The third-order valence-electron chi connectivity index (χ3n) is 7.68. The van der Waals surface area contributed by atoms with Crippen molar-refractivity contribution in [3.05, 3.63) is 77.6 Å². The summed E-state index contributed by atoms with van der Waals surface area (Å²) in [4.78, 5) is 18.0. The summed E-state index contributed by atoms with van der Waals surface area (Å²) in [7, 11) is 3.33. The number of rotatable bonds is 8. The molecule has 0 spiro atoms. The van der Waals surface area contributed by atoms with Crippen molar-refractivity contribution in [1.82, 2.24) is 9.55 Å². The number of aromatic nitrogens is 2. The number of fused-ring (bicyclic) bond motifs is 1. The Labute approximate surface area is 237 Å². The van der Waals surface area contributed by atoms with Gasteiger partial charge in [0.05, 0.1) is 30.8 Å². The molecule has 0 unspecified atom stereocenters. The minimum absolute atomic E-state index is 0.311. The van der Waals surface area contributed by atoms with E-state index >= 15 is 0 Å². The fraction of sp³-hybridized carbons (Fsp3) is 0.412. The molecule has 1 aliphatic rings. The normalized spacial score (nSPS) is 14.3. The maximum absolute atomic E-state index is 12.9. The standard InChI is InChI=1S/C34H40N2O4/c1-34(2,3)40-33(37)27-14-10-9-13-26(27)25-17-15-24(16-18-25)22-36-29-21-31(39-5)30(38-4)20-28(29)35-32(36)19-23-11-7-6-8-12-23/h9-10,13-18,20-21,23H,6-8,11-12,19,22H2,1-5H3.